The molecular formula is C15H20ClN3. The molecule has 0 unspecified atom stereocenters. The van der Waals surface area contributed by atoms with Crippen LogP contribution in [0.4, 0.5) is 5.69 Å². The maximum atomic E-state index is 9.30. The van der Waals surface area contributed by atoms with E-state index in [4.69, 9.17) is 17.3 Å². The number of nitrogens with two attached hydrogens (primary N) is 1. The average Bonchev–Trinajstić information content (AvgIpc) is 2.42. The van der Waals surface area contributed by atoms with E-state index in [2.05, 4.69) is 17.9 Å². The van der Waals surface area contributed by atoms with Crippen molar-refractivity contribution >= 4 is 17.3 Å². The van der Waals surface area contributed by atoms with Crippen LogP contribution in [0.5, 0.6) is 0 Å². The maximum Gasteiger partial charge on any atom is 0.103 e. The standard InChI is InChI=1S/C15H20ClN3/c1-2-19(12-8-6-11(18)7-9-12)15-5-3-4-14(16)13(15)10-17/h3-5,11-12H,2,6-9,18H2,1H3. The monoisotopic (exact) mass is 277 g/mol. The van der Waals surface area contributed by atoms with Gasteiger partial charge < -0.3 is 10.6 Å². The highest BCUT2D eigenvalue weighted by molar-refractivity contribution is 6.32. The zero-order valence-corrected chi connectivity index (χ0v) is 12.0. The SMILES string of the molecule is CCN(c1cccc(Cl)c1C#N)C1CCC(N)CC1. The summed E-state index contributed by atoms with van der Waals surface area (Å²) in [5.41, 5.74) is 7.51. The van der Waals surface area contributed by atoms with Gasteiger partial charge in [-0.25, -0.2) is 0 Å². The Kier molecular flexibility index (Phi) is 4.68. The number of hydrogen-bond acceptors (Lipinski definition) is 3. The molecule has 0 atom stereocenters. The van der Waals surface area contributed by atoms with E-state index in [1.807, 2.05) is 12.1 Å². The highest BCUT2D eigenvalue weighted by atomic mass is 35.5. The first-order valence-corrected chi connectivity index (χ1v) is 7.26. The highest BCUT2D eigenvalue weighted by Crippen LogP contribution is 2.32. The van der Waals surface area contributed by atoms with E-state index in [1.54, 1.807) is 6.07 Å². The van der Waals surface area contributed by atoms with Gasteiger partial charge in [0.2, 0.25) is 0 Å². The van der Waals surface area contributed by atoms with E-state index in [1.165, 1.54) is 0 Å². The molecule has 1 fully saturated rings. The van der Waals surface area contributed by atoms with Crippen LogP contribution in [0.2, 0.25) is 5.02 Å². The van der Waals surface area contributed by atoms with Crippen LogP contribution >= 0.6 is 11.6 Å². The molecule has 1 aromatic rings. The van der Waals surface area contributed by atoms with Crippen molar-refractivity contribution in [1.82, 2.24) is 0 Å². The smallest absolute Gasteiger partial charge is 0.103 e. The van der Waals surface area contributed by atoms with E-state index in [-0.39, 0.29) is 0 Å². The second-order valence-corrected chi connectivity index (χ2v) is 5.51. The lowest BCUT2D eigenvalue weighted by atomic mass is 9.90. The van der Waals surface area contributed by atoms with Gasteiger partial charge in [-0.05, 0) is 44.7 Å². The Balaban J connectivity index is 2.27. The second kappa shape index (κ2) is 6.27. The minimum absolute atomic E-state index is 0.338. The lowest BCUT2D eigenvalue weighted by Gasteiger charge is -2.37. The minimum atomic E-state index is 0.338. The second-order valence-electron chi connectivity index (χ2n) is 5.10. The van der Waals surface area contributed by atoms with E-state index in [0.717, 1.165) is 37.9 Å². The summed E-state index contributed by atoms with van der Waals surface area (Å²) in [6, 6.07) is 8.71. The van der Waals surface area contributed by atoms with Crippen molar-refractivity contribution in [3.8, 4) is 6.07 Å². The first-order valence-electron chi connectivity index (χ1n) is 6.88. The van der Waals surface area contributed by atoms with Crippen LogP contribution in [0.25, 0.3) is 0 Å². The summed E-state index contributed by atoms with van der Waals surface area (Å²) < 4.78 is 0. The molecule has 0 heterocycles. The van der Waals surface area contributed by atoms with Gasteiger partial charge in [0.05, 0.1) is 16.3 Å². The first-order chi connectivity index (χ1) is 9.17. The molecule has 4 heteroatoms. The normalized spacial score (nSPS) is 22.8. The molecule has 102 valence electrons. The molecule has 0 bridgehead atoms. The quantitative estimate of drug-likeness (QED) is 0.922. The van der Waals surface area contributed by atoms with E-state index >= 15 is 0 Å². The van der Waals surface area contributed by atoms with Crippen molar-refractivity contribution in [2.45, 2.75) is 44.7 Å². The fourth-order valence-electron chi connectivity index (χ4n) is 2.90. The Morgan fingerprint density at radius 3 is 2.63 bits per heavy atom. The minimum Gasteiger partial charge on any atom is -0.368 e. The summed E-state index contributed by atoms with van der Waals surface area (Å²) in [5.74, 6) is 0. The van der Waals surface area contributed by atoms with Crippen LogP contribution in [0.15, 0.2) is 18.2 Å². The molecule has 0 aliphatic heterocycles. The van der Waals surface area contributed by atoms with Gasteiger partial charge in [-0.15, -0.1) is 0 Å². The summed E-state index contributed by atoms with van der Waals surface area (Å²) >= 11 is 6.12. The van der Waals surface area contributed by atoms with Gasteiger partial charge >= 0.3 is 0 Å². The van der Waals surface area contributed by atoms with Crippen LogP contribution in [-0.4, -0.2) is 18.6 Å². The van der Waals surface area contributed by atoms with Crippen molar-refractivity contribution in [3.05, 3.63) is 28.8 Å². The molecule has 1 aliphatic rings. The lowest BCUT2D eigenvalue weighted by molar-refractivity contribution is 0.378. The fraction of sp³-hybridized carbons (Fsp3) is 0.533. The predicted molar refractivity (Wildman–Crippen MR) is 79.4 cm³/mol. The molecule has 1 aromatic carbocycles. The van der Waals surface area contributed by atoms with Gasteiger partial charge in [0.1, 0.15) is 6.07 Å². The number of nitrogens with zero attached hydrogens (tertiary/aromatic N) is 2. The molecule has 0 spiro atoms. The van der Waals surface area contributed by atoms with E-state index in [0.29, 0.717) is 22.7 Å². The van der Waals surface area contributed by atoms with Crippen molar-refractivity contribution in [1.29, 1.82) is 5.26 Å². The third-order valence-corrected chi connectivity index (χ3v) is 4.25. The number of nitriles is 1. The van der Waals surface area contributed by atoms with Crippen LogP contribution in [-0.2, 0) is 0 Å². The summed E-state index contributed by atoms with van der Waals surface area (Å²) in [5, 5.41) is 9.84. The van der Waals surface area contributed by atoms with E-state index in [9.17, 15) is 5.26 Å². The highest BCUT2D eigenvalue weighted by Gasteiger charge is 2.25. The molecule has 2 N–H and O–H groups in total. The number of halogens is 1. The Labute approximate surface area is 120 Å². The third-order valence-electron chi connectivity index (χ3n) is 3.94. The first kappa shape index (κ1) is 14.2. The predicted octanol–water partition coefficient (Wildman–Crippen LogP) is 3.31. The van der Waals surface area contributed by atoms with Gasteiger partial charge in [0.15, 0.2) is 0 Å². The molecule has 0 aromatic heterocycles. The summed E-state index contributed by atoms with van der Waals surface area (Å²) in [4.78, 5) is 2.30. The Bertz CT molecular complexity index is 473. The van der Waals surface area contributed by atoms with Crippen LogP contribution in [0, 0.1) is 11.3 Å². The van der Waals surface area contributed by atoms with Gasteiger partial charge in [-0.2, -0.15) is 5.26 Å². The molecule has 19 heavy (non-hydrogen) atoms. The van der Waals surface area contributed by atoms with Gasteiger partial charge in [0.25, 0.3) is 0 Å². The third kappa shape index (κ3) is 3.02. The summed E-state index contributed by atoms with van der Waals surface area (Å²) in [6.45, 7) is 3.01. The summed E-state index contributed by atoms with van der Waals surface area (Å²) in [6.07, 6.45) is 4.30. The number of anilines is 1. The summed E-state index contributed by atoms with van der Waals surface area (Å²) in [7, 11) is 0. The Morgan fingerprint density at radius 1 is 1.37 bits per heavy atom. The van der Waals surface area contributed by atoms with Crippen molar-refractivity contribution in [3.63, 3.8) is 0 Å². The lowest BCUT2D eigenvalue weighted by Crippen LogP contribution is -2.41. The van der Waals surface area contributed by atoms with Crippen LogP contribution < -0.4 is 10.6 Å². The van der Waals surface area contributed by atoms with E-state index < -0.39 is 0 Å². The zero-order chi connectivity index (χ0) is 13.8. The van der Waals surface area contributed by atoms with Gasteiger partial charge in [-0.3, -0.25) is 0 Å². The topological polar surface area (TPSA) is 53.0 Å². The molecule has 0 radical (unpaired) electrons. The Hall–Kier alpha value is -1.24. The molecule has 2 rings (SSSR count). The molecular weight excluding hydrogens is 258 g/mol. The Morgan fingerprint density at radius 2 is 2.05 bits per heavy atom. The van der Waals surface area contributed by atoms with Crippen molar-refractivity contribution in [2.75, 3.05) is 11.4 Å². The number of benzene rings is 1. The largest absolute Gasteiger partial charge is 0.368 e. The van der Waals surface area contributed by atoms with Gasteiger partial charge in [0, 0.05) is 18.6 Å². The van der Waals surface area contributed by atoms with Crippen molar-refractivity contribution in [2.24, 2.45) is 5.73 Å². The van der Waals surface area contributed by atoms with Crippen molar-refractivity contribution < 1.29 is 0 Å². The molecule has 3 nitrogen and oxygen atoms in total. The number of rotatable bonds is 3. The van der Waals surface area contributed by atoms with Crippen LogP contribution in [0.3, 0.4) is 0 Å². The van der Waals surface area contributed by atoms with Crippen LogP contribution in [0.1, 0.15) is 38.2 Å². The fourth-order valence-corrected chi connectivity index (χ4v) is 3.11. The molecule has 0 saturated heterocycles. The number of hydrogen-bond donors (Lipinski definition) is 1. The zero-order valence-electron chi connectivity index (χ0n) is 11.3. The molecule has 1 aliphatic carbocycles. The molecule has 0 amide bonds. The van der Waals surface area contributed by atoms with Gasteiger partial charge in [-0.1, -0.05) is 17.7 Å². The molecule has 1 saturated carbocycles. The maximum absolute atomic E-state index is 9.30. The average molecular weight is 278 g/mol.